The minimum Gasteiger partial charge on any atom is -0.392 e. The second-order valence-corrected chi connectivity index (χ2v) is 7.14. The minimum absolute atomic E-state index is 0.0713. The third kappa shape index (κ3) is 3.68. The first-order chi connectivity index (χ1) is 10.6. The zero-order valence-corrected chi connectivity index (χ0v) is 13.8. The van der Waals surface area contributed by atoms with E-state index in [0.717, 1.165) is 32.6 Å². The van der Waals surface area contributed by atoms with Crippen molar-refractivity contribution < 1.29 is 14.6 Å². The number of nitrogens with zero attached hydrogens (tertiary/aromatic N) is 2. The first-order valence-electron chi connectivity index (χ1n) is 7.99. The molecule has 0 spiro atoms. The highest BCUT2D eigenvalue weighted by Gasteiger charge is 2.28. The highest BCUT2D eigenvalue weighted by Crippen LogP contribution is 2.33. The van der Waals surface area contributed by atoms with Crippen LogP contribution in [0.4, 0.5) is 0 Å². The summed E-state index contributed by atoms with van der Waals surface area (Å²) in [5.74, 6) is 0.181. The van der Waals surface area contributed by atoms with E-state index in [1.165, 1.54) is 10.4 Å². The van der Waals surface area contributed by atoms with E-state index in [4.69, 9.17) is 4.74 Å². The second-order valence-electron chi connectivity index (χ2n) is 6.14. The number of β-amino-alcohol motifs (C(OH)–C–C–N with tert-alkyl or cyclic N) is 1. The van der Waals surface area contributed by atoms with Gasteiger partial charge in [0.2, 0.25) is 5.91 Å². The standard InChI is InChI=1S/C16H24N2O3S/c1-12(19)11-17-4-6-18(7-5-17)16(20)10-14-13-3-9-22-15(13)2-8-21-14/h3,9,12,14,19H,2,4-8,10-11H2,1H3/t12-,14-/m1/s1. The topological polar surface area (TPSA) is 53.0 Å². The van der Waals surface area contributed by atoms with E-state index in [2.05, 4.69) is 16.3 Å². The molecule has 3 heterocycles. The summed E-state index contributed by atoms with van der Waals surface area (Å²) in [6.45, 7) is 6.37. The molecule has 5 nitrogen and oxygen atoms in total. The van der Waals surface area contributed by atoms with E-state index in [0.29, 0.717) is 19.6 Å². The number of piperazine rings is 1. The number of aliphatic hydroxyl groups is 1. The molecule has 1 saturated heterocycles. The van der Waals surface area contributed by atoms with Crippen LogP contribution in [0.25, 0.3) is 0 Å². The molecule has 2 aliphatic heterocycles. The first kappa shape index (κ1) is 15.9. The van der Waals surface area contributed by atoms with Crippen LogP contribution in [0.3, 0.4) is 0 Å². The molecule has 22 heavy (non-hydrogen) atoms. The van der Waals surface area contributed by atoms with Gasteiger partial charge in [-0.2, -0.15) is 0 Å². The molecule has 1 aromatic rings. The maximum absolute atomic E-state index is 12.5. The molecule has 0 unspecified atom stereocenters. The summed E-state index contributed by atoms with van der Waals surface area (Å²) in [6.07, 6.45) is 1.03. The van der Waals surface area contributed by atoms with Crippen LogP contribution >= 0.6 is 11.3 Å². The summed E-state index contributed by atoms with van der Waals surface area (Å²) in [5, 5.41) is 11.5. The molecule has 3 rings (SSSR count). The normalized spacial score (nSPS) is 24.1. The molecule has 1 fully saturated rings. The maximum atomic E-state index is 12.5. The van der Waals surface area contributed by atoms with E-state index >= 15 is 0 Å². The Balaban J connectivity index is 1.52. The fraction of sp³-hybridized carbons (Fsp3) is 0.688. The van der Waals surface area contributed by atoms with Gasteiger partial charge in [0.25, 0.3) is 0 Å². The maximum Gasteiger partial charge on any atom is 0.225 e. The van der Waals surface area contributed by atoms with E-state index in [9.17, 15) is 9.90 Å². The predicted molar refractivity (Wildman–Crippen MR) is 86.0 cm³/mol. The van der Waals surface area contributed by atoms with Crippen molar-refractivity contribution in [2.24, 2.45) is 0 Å². The molecule has 0 bridgehead atoms. The number of carbonyl (C=O) groups excluding carboxylic acids is 1. The molecule has 1 amide bonds. The van der Waals surface area contributed by atoms with E-state index in [1.54, 1.807) is 18.3 Å². The predicted octanol–water partition coefficient (Wildman–Crippen LogP) is 1.28. The summed E-state index contributed by atoms with van der Waals surface area (Å²) in [7, 11) is 0. The Morgan fingerprint density at radius 2 is 2.23 bits per heavy atom. The summed E-state index contributed by atoms with van der Waals surface area (Å²) < 4.78 is 5.81. The number of thiophene rings is 1. The summed E-state index contributed by atoms with van der Waals surface area (Å²) in [5.41, 5.74) is 1.21. The number of aliphatic hydroxyl groups excluding tert-OH is 1. The Hall–Kier alpha value is -0.950. The van der Waals surface area contributed by atoms with E-state index < -0.39 is 0 Å². The SMILES string of the molecule is C[C@@H](O)CN1CCN(C(=O)C[C@H]2OCCc3sccc32)CC1. The molecule has 0 radical (unpaired) electrons. The monoisotopic (exact) mass is 324 g/mol. The second kappa shape index (κ2) is 7.08. The summed E-state index contributed by atoms with van der Waals surface area (Å²) in [6, 6.07) is 2.09. The van der Waals surface area contributed by atoms with Gasteiger partial charge in [-0.1, -0.05) is 0 Å². The van der Waals surface area contributed by atoms with Crippen molar-refractivity contribution in [2.45, 2.75) is 32.0 Å². The molecular formula is C16H24N2O3S. The van der Waals surface area contributed by atoms with Crippen molar-refractivity contribution in [1.29, 1.82) is 0 Å². The number of ether oxygens (including phenoxy) is 1. The lowest BCUT2D eigenvalue weighted by Gasteiger charge is -2.36. The number of hydrogen-bond donors (Lipinski definition) is 1. The molecule has 122 valence electrons. The molecule has 0 aromatic carbocycles. The Bertz CT molecular complexity index is 509. The van der Waals surface area contributed by atoms with Gasteiger partial charge in [-0.25, -0.2) is 0 Å². The summed E-state index contributed by atoms with van der Waals surface area (Å²) >= 11 is 1.76. The average molecular weight is 324 g/mol. The summed E-state index contributed by atoms with van der Waals surface area (Å²) in [4.78, 5) is 18.0. The molecule has 0 aliphatic carbocycles. The van der Waals surface area contributed by atoms with E-state index in [-0.39, 0.29) is 18.1 Å². The minimum atomic E-state index is -0.310. The van der Waals surface area contributed by atoms with Gasteiger partial charge in [0, 0.05) is 44.0 Å². The fourth-order valence-corrected chi connectivity index (χ4v) is 4.15. The van der Waals surface area contributed by atoms with Gasteiger partial charge in [0.05, 0.1) is 25.2 Å². The Morgan fingerprint density at radius 1 is 1.45 bits per heavy atom. The van der Waals surface area contributed by atoms with Crippen molar-refractivity contribution in [3.8, 4) is 0 Å². The number of rotatable bonds is 4. The van der Waals surface area contributed by atoms with Gasteiger partial charge < -0.3 is 14.7 Å². The average Bonchev–Trinajstić information content (AvgIpc) is 2.97. The lowest BCUT2D eigenvalue weighted by atomic mass is 10.0. The molecule has 0 saturated carbocycles. The number of fused-ring (bicyclic) bond motifs is 1. The zero-order valence-electron chi connectivity index (χ0n) is 13.0. The molecule has 1 N–H and O–H groups in total. The van der Waals surface area contributed by atoms with Gasteiger partial charge in [-0.3, -0.25) is 9.69 Å². The molecular weight excluding hydrogens is 300 g/mol. The van der Waals surface area contributed by atoms with Crippen molar-refractivity contribution in [1.82, 2.24) is 9.80 Å². The van der Waals surface area contributed by atoms with Crippen LogP contribution in [0.5, 0.6) is 0 Å². The lowest BCUT2D eigenvalue weighted by molar-refractivity contribution is -0.136. The van der Waals surface area contributed by atoms with Crippen LogP contribution < -0.4 is 0 Å². The highest BCUT2D eigenvalue weighted by atomic mass is 32.1. The Morgan fingerprint density at radius 3 is 2.95 bits per heavy atom. The first-order valence-corrected chi connectivity index (χ1v) is 8.87. The van der Waals surface area contributed by atoms with Crippen LogP contribution in [0.2, 0.25) is 0 Å². The van der Waals surface area contributed by atoms with Crippen molar-refractivity contribution in [2.75, 3.05) is 39.3 Å². The molecule has 6 heteroatoms. The van der Waals surface area contributed by atoms with Crippen molar-refractivity contribution in [3.05, 3.63) is 21.9 Å². The molecule has 2 atom stereocenters. The number of amides is 1. The van der Waals surface area contributed by atoms with Crippen LogP contribution in [0.1, 0.15) is 29.9 Å². The van der Waals surface area contributed by atoms with Crippen molar-refractivity contribution in [3.63, 3.8) is 0 Å². The quantitative estimate of drug-likeness (QED) is 0.906. The van der Waals surface area contributed by atoms with E-state index in [1.807, 2.05) is 4.90 Å². The Kier molecular flexibility index (Phi) is 5.13. The van der Waals surface area contributed by atoms with Crippen LogP contribution in [-0.4, -0.2) is 66.2 Å². The van der Waals surface area contributed by atoms with Gasteiger partial charge in [-0.15, -0.1) is 11.3 Å². The zero-order chi connectivity index (χ0) is 15.5. The Labute approximate surface area is 135 Å². The number of hydrogen-bond acceptors (Lipinski definition) is 5. The van der Waals surface area contributed by atoms with Gasteiger partial charge >= 0.3 is 0 Å². The van der Waals surface area contributed by atoms with Gasteiger partial charge in [0.15, 0.2) is 0 Å². The lowest BCUT2D eigenvalue weighted by Crippen LogP contribution is -2.50. The highest BCUT2D eigenvalue weighted by molar-refractivity contribution is 7.10. The third-order valence-electron chi connectivity index (χ3n) is 4.38. The van der Waals surface area contributed by atoms with Crippen LogP contribution in [-0.2, 0) is 16.0 Å². The smallest absolute Gasteiger partial charge is 0.225 e. The van der Waals surface area contributed by atoms with Crippen LogP contribution in [0.15, 0.2) is 11.4 Å². The largest absolute Gasteiger partial charge is 0.392 e. The van der Waals surface area contributed by atoms with Gasteiger partial charge in [0.1, 0.15) is 0 Å². The third-order valence-corrected chi connectivity index (χ3v) is 5.38. The van der Waals surface area contributed by atoms with Crippen molar-refractivity contribution >= 4 is 17.2 Å². The molecule has 1 aromatic heterocycles. The van der Waals surface area contributed by atoms with Gasteiger partial charge in [-0.05, 0) is 23.9 Å². The molecule has 2 aliphatic rings. The van der Waals surface area contributed by atoms with Crippen LogP contribution in [0, 0.1) is 0 Å². The number of carbonyl (C=O) groups is 1. The fourth-order valence-electron chi connectivity index (χ4n) is 3.23.